The summed E-state index contributed by atoms with van der Waals surface area (Å²) in [4.78, 5) is 0. The van der Waals surface area contributed by atoms with Crippen molar-refractivity contribution in [2.45, 2.75) is 19.5 Å². The molecule has 0 radical (unpaired) electrons. The predicted octanol–water partition coefficient (Wildman–Crippen LogP) is 3.26. The Hall–Kier alpha value is -2.20. The Morgan fingerprint density at radius 3 is 2.57 bits per heavy atom. The van der Waals surface area contributed by atoms with Crippen LogP contribution >= 0.6 is 0 Å². The van der Waals surface area contributed by atoms with E-state index < -0.39 is 0 Å². The summed E-state index contributed by atoms with van der Waals surface area (Å²) in [6.45, 7) is 2.66. The van der Waals surface area contributed by atoms with Crippen molar-refractivity contribution in [3.05, 3.63) is 53.6 Å². The van der Waals surface area contributed by atoms with Gasteiger partial charge in [-0.1, -0.05) is 18.2 Å². The highest BCUT2D eigenvalue weighted by molar-refractivity contribution is 5.41. The first-order chi connectivity index (χ1) is 10.2. The van der Waals surface area contributed by atoms with E-state index in [1.807, 2.05) is 37.3 Å². The topological polar surface area (TPSA) is 50.7 Å². The molecule has 4 nitrogen and oxygen atoms in total. The Kier molecular flexibility index (Phi) is 5.06. The molecule has 112 valence electrons. The van der Waals surface area contributed by atoms with E-state index in [0.717, 1.165) is 22.6 Å². The second-order valence-electron chi connectivity index (χ2n) is 4.84. The highest BCUT2D eigenvalue weighted by Crippen LogP contribution is 2.28. The second-order valence-corrected chi connectivity index (χ2v) is 4.84. The lowest BCUT2D eigenvalue weighted by Gasteiger charge is -2.17. The number of methoxy groups -OCH3 is 2. The van der Waals surface area contributed by atoms with Crippen LogP contribution in [0.3, 0.4) is 0 Å². The van der Waals surface area contributed by atoms with Crippen molar-refractivity contribution in [1.29, 1.82) is 0 Å². The van der Waals surface area contributed by atoms with E-state index in [2.05, 4.69) is 5.32 Å². The van der Waals surface area contributed by atoms with Gasteiger partial charge in [0.15, 0.2) is 0 Å². The fourth-order valence-electron chi connectivity index (χ4n) is 2.23. The standard InChI is InChI=1S/C17H21NO3/c1-12(15-10-14(20-2)8-9-16(15)19)18-11-13-6-4-5-7-17(13)21-3/h4-10,12,18-19H,11H2,1-3H3. The Bertz CT molecular complexity index is 598. The minimum atomic E-state index is -0.00925. The Morgan fingerprint density at radius 2 is 1.86 bits per heavy atom. The van der Waals surface area contributed by atoms with Gasteiger partial charge in [0.1, 0.15) is 17.2 Å². The van der Waals surface area contributed by atoms with Crippen molar-refractivity contribution >= 4 is 0 Å². The van der Waals surface area contributed by atoms with Gasteiger partial charge in [0, 0.05) is 23.7 Å². The minimum Gasteiger partial charge on any atom is -0.508 e. The normalized spacial score (nSPS) is 12.0. The molecule has 2 rings (SSSR count). The van der Waals surface area contributed by atoms with Crippen LogP contribution in [0.4, 0.5) is 0 Å². The zero-order valence-corrected chi connectivity index (χ0v) is 12.6. The van der Waals surface area contributed by atoms with E-state index in [9.17, 15) is 5.11 Å². The lowest BCUT2D eigenvalue weighted by molar-refractivity contribution is 0.402. The molecule has 2 N–H and O–H groups in total. The average Bonchev–Trinajstić information content (AvgIpc) is 2.53. The van der Waals surface area contributed by atoms with Crippen molar-refractivity contribution in [3.8, 4) is 17.2 Å². The average molecular weight is 287 g/mol. The quantitative estimate of drug-likeness (QED) is 0.856. The van der Waals surface area contributed by atoms with Crippen LogP contribution in [0.1, 0.15) is 24.1 Å². The number of hydrogen-bond acceptors (Lipinski definition) is 4. The number of phenolic OH excluding ortho intramolecular Hbond substituents is 1. The maximum Gasteiger partial charge on any atom is 0.123 e. The van der Waals surface area contributed by atoms with Crippen LogP contribution in [-0.4, -0.2) is 19.3 Å². The number of nitrogens with one attached hydrogen (secondary N) is 1. The highest BCUT2D eigenvalue weighted by atomic mass is 16.5. The van der Waals surface area contributed by atoms with Gasteiger partial charge in [0.25, 0.3) is 0 Å². The fraction of sp³-hybridized carbons (Fsp3) is 0.294. The van der Waals surface area contributed by atoms with E-state index in [1.54, 1.807) is 26.4 Å². The SMILES string of the molecule is COc1ccc(O)c(C(C)NCc2ccccc2OC)c1. The van der Waals surface area contributed by atoms with Crippen LogP contribution in [0.25, 0.3) is 0 Å². The van der Waals surface area contributed by atoms with Gasteiger partial charge in [-0.15, -0.1) is 0 Å². The zero-order chi connectivity index (χ0) is 15.2. The summed E-state index contributed by atoms with van der Waals surface area (Å²) >= 11 is 0. The third-order valence-electron chi connectivity index (χ3n) is 3.49. The van der Waals surface area contributed by atoms with Crippen LogP contribution in [0.15, 0.2) is 42.5 Å². The fourth-order valence-corrected chi connectivity index (χ4v) is 2.23. The third kappa shape index (κ3) is 3.67. The molecule has 0 heterocycles. The molecule has 0 saturated carbocycles. The van der Waals surface area contributed by atoms with Crippen molar-refractivity contribution in [2.24, 2.45) is 0 Å². The van der Waals surface area contributed by atoms with Gasteiger partial charge >= 0.3 is 0 Å². The van der Waals surface area contributed by atoms with Gasteiger partial charge in [-0.2, -0.15) is 0 Å². The summed E-state index contributed by atoms with van der Waals surface area (Å²) in [6, 6.07) is 13.1. The first kappa shape index (κ1) is 15.2. The van der Waals surface area contributed by atoms with Gasteiger partial charge in [-0.25, -0.2) is 0 Å². The molecular formula is C17H21NO3. The lowest BCUT2D eigenvalue weighted by Crippen LogP contribution is -2.18. The minimum absolute atomic E-state index is 0.00925. The predicted molar refractivity (Wildman–Crippen MR) is 82.9 cm³/mol. The van der Waals surface area contributed by atoms with E-state index in [-0.39, 0.29) is 11.8 Å². The van der Waals surface area contributed by atoms with Crippen molar-refractivity contribution in [2.75, 3.05) is 14.2 Å². The molecule has 2 aromatic rings. The Labute approximate surface area is 125 Å². The van der Waals surface area contributed by atoms with Gasteiger partial charge in [0.05, 0.1) is 14.2 Å². The molecule has 1 unspecified atom stereocenters. The molecule has 0 aliphatic carbocycles. The summed E-state index contributed by atoms with van der Waals surface area (Å²) in [6.07, 6.45) is 0. The van der Waals surface area contributed by atoms with Crippen LogP contribution in [0.2, 0.25) is 0 Å². The second kappa shape index (κ2) is 6.99. The number of para-hydroxylation sites is 1. The molecule has 0 fully saturated rings. The first-order valence-corrected chi connectivity index (χ1v) is 6.88. The zero-order valence-electron chi connectivity index (χ0n) is 12.6. The lowest BCUT2D eigenvalue weighted by atomic mass is 10.1. The summed E-state index contributed by atoms with van der Waals surface area (Å²) < 4.78 is 10.5. The van der Waals surface area contributed by atoms with Crippen molar-refractivity contribution < 1.29 is 14.6 Å². The van der Waals surface area contributed by atoms with Crippen LogP contribution in [0, 0.1) is 0 Å². The van der Waals surface area contributed by atoms with Crippen LogP contribution < -0.4 is 14.8 Å². The number of hydrogen-bond donors (Lipinski definition) is 2. The molecule has 0 aliphatic heterocycles. The van der Waals surface area contributed by atoms with Gasteiger partial charge in [-0.05, 0) is 31.2 Å². The third-order valence-corrected chi connectivity index (χ3v) is 3.49. The Balaban J connectivity index is 2.09. The number of ether oxygens (including phenoxy) is 2. The molecule has 4 heteroatoms. The smallest absolute Gasteiger partial charge is 0.123 e. The molecule has 1 atom stereocenters. The number of aromatic hydroxyl groups is 1. The van der Waals surface area contributed by atoms with Crippen molar-refractivity contribution in [3.63, 3.8) is 0 Å². The van der Waals surface area contributed by atoms with Crippen LogP contribution in [0.5, 0.6) is 17.2 Å². The van der Waals surface area contributed by atoms with Crippen LogP contribution in [-0.2, 0) is 6.54 Å². The maximum absolute atomic E-state index is 9.98. The van der Waals surface area contributed by atoms with Gasteiger partial charge < -0.3 is 19.9 Å². The van der Waals surface area contributed by atoms with Gasteiger partial charge in [-0.3, -0.25) is 0 Å². The summed E-state index contributed by atoms with van der Waals surface area (Å²) in [5.41, 5.74) is 1.89. The molecule has 0 amide bonds. The van der Waals surface area contributed by atoms with E-state index in [1.165, 1.54) is 0 Å². The van der Waals surface area contributed by atoms with E-state index in [0.29, 0.717) is 6.54 Å². The molecule has 0 bridgehead atoms. The Morgan fingerprint density at radius 1 is 1.10 bits per heavy atom. The molecule has 0 spiro atoms. The van der Waals surface area contributed by atoms with Gasteiger partial charge in [0.2, 0.25) is 0 Å². The molecule has 0 saturated heterocycles. The monoisotopic (exact) mass is 287 g/mol. The molecule has 21 heavy (non-hydrogen) atoms. The first-order valence-electron chi connectivity index (χ1n) is 6.88. The molecule has 2 aromatic carbocycles. The number of rotatable bonds is 6. The summed E-state index contributed by atoms with van der Waals surface area (Å²) in [5.74, 6) is 1.84. The number of phenols is 1. The summed E-state index contributed by atoms with van der Waals surface area (Å²) in [5, 5.41) is 13.4. The maximum atomic E-state index is 9.98. The highest BCUT2D eigenvalue weighted by Gasteiger charge is 2.12. The largest absolute Gasteiger partial charge is 0.508 e. The van der Waals surface area contributed by atoms with Crippen molar-refractivity contribution in [1.82, 2.24) is 5.32 Å². The molecule has 0 aliphatic rings. The molecule has 0 aromatic heterocycles. The number of benzene rings is 2. The van der Waals surface area contributed by atoms with E-state index >= 15 is 0 Å². The molecular weight excluding hydrogens is 266 g/mol. The summed E-state index contributed by atoms with van der Waals surface area (Å²) in [7, 11) is 3.28. The van der Waals surface area contributed by atoms with E-state index in [4.69, 9.17) is 9.47 Å².